The lowest BCUT2D eigenvalue weighted by Crippen LogP contribution is -2.51. The number of aliphatic hydroxyl groups is 1. The summed E-state index contributed by atoms with van der Waals surface area (Å²) < 4.78 is 6.25. The lowest BCUT2D eigenvalue weighted by atomic mass is 9.86. The van der Waals surface area contributed by atoms with E-state index >= 15 is 0 Å². The monoisotopic (exact) mass is 476 g/mol. The third kappa shape index (κ3) is 3.62. The Balaban J connectivity index is 1.61. The molecule has 1 amide bonds. The van der Waals surface area contributed by atoms with Crippen LogP contribution in [-0.2, 0) is 19.9 Å². The molecule has 0 saturated carbocycles. The normalized spacial score (nSPS) is 24.0. The quantitative estimate of drug-likeness (QED) is 0.524. The van der Waals surface area contributed by atoms with Crippen molar-refractivity contribution < 1.29 is 19.4 Å². The molecule has 9 nitrogen and oxygen atoms in total. The van der Waals surface area contributed by atoms with Crippen molar-refractivity contribution in [2.45, 2.75) is 50.5 Å². The Morgan fingerprint density at radius 2 is 1.89 bits per heavy atom. The number of fused-ring (bicyclic) bond motifs is 4. The van der Waals surface area contributed by atoms with Gasteiger partial charge >= 0.3 is 5.97 Å². The molecule has 2 N–H and O–H groups in total. The number of esters is 1. The van der Waals surface area contributed by atoms with Crippen LogP contribution in [-0.4, -0.2) is 45.9 Å². The number of carbonyl (C=O) groups excluding carboxylic acids is 2. The number of hydrogen-bond acceptors (Lipinski definition) is 7. The van der Waals surface area contributed by atoms with Crippen LogP contribution < -0.4 is 15.8 Å². The number of nitrogens with zero attached hydrogens (tertiary/aromatic N) is 3. The predicted octanol–water partition coefficient (Wildman–Crippen LogP) is 2.08. The van der Waals surface area contributed by atoms with Crippen LogP contribution in [0.1, 0.15) is 38.3 Å². The van der Waals surface area contributed by atoms with Crippen LogP contribution in [0.5, 0.6) is 0 Å². The zero-order chi connectivity index (χ0) is 24.9. The fourth-order valence-electron chi connectivity index (χ4n) is 5.33. The molecule has 4 atom stereocenters. The van der Waals surface area contributed by atoms with Gasteiger partial charge in [-0.1, -0.05) is 44.2 Å². The summed E-state index contributed by atoms with van der Waals surface area (Å²) in [7, 11) is 1.24. The molecule has 1 aromatic heterocycles. The van der Waals surface area contributed by atoms with E-state index in [1.165, 1.54) is 18.0 Å². The first kappa shape index (κ1) is 23.2. The number of anilines is 1. The van der Waals surface area contributed by atoms with E-state index in [9.17, 15) is 19.5 Å². The lowest BCUT2D eigenvalue weighted by molar-refractivity contribution is -0.147. The maximum atomic E-state index is 13.3. The summed E-state index contributed by atoms with van der Waals surface area (Å²) >= 11 is 0. The third-order valence-corrected chi connectivity index (χ3v) is 6.95. The number of amides is 1. The summed E-state index contributed by atoms with van der Waals surface area (Å²) in [6.07, 6.45) is 0.945. The van der Waals surface area contributed by atoms with E-state index in [0.29, 0.717) is 28.6 Å². The summed E-state index contributed by atoms with van der Waals surface area (Å²) in [6.45, 7) is 4.07. The van der Waals surface area contributed by atoms with Crippen LogP contribution in [0.15, 0.2) is 59.7 Å². The molecule has 2 aliphatic rings. The number of ether oxygens (including phenoxy) is 1. The molecule has 1 saturated heterocycles. The van der Waals surface area contributed by atoms with E-state index in [1.54, 1.807) is 53.4 Å². The highest BCUT2D eigenvalue weighted by Gasteiger charge is 2.58. The van der Waals surface area contributed by atoms with Gasteiger partial charge in [-0.15, -0.1) is 0 Å². The van der Waals surface area contributed by atoms with Crippen LogP contribution >= 0.6 is 0 Å². The maximum Gasteiger partial charge on any atom is 0.329 e. The molecule has 182 valence electrons. The zero-order valence-corrected chi connectivity index (χ0v) is 19.8. The highest BCUT2D eigenvalue weighted by Crippen LogP contribution is 2.49. The number of hydrogen-bond donors (Lipinski definition) is 2. The van der Waals surface area contributed by atoms with Crippen molar-refractivity contribution in [1.29, 1.82) is 0 Å². The SMILES string of the molecule is COC(=O)[C@H](C[C@]1(O)c2ccccc2N2C(=O)[C@H](CC(C)C)N[C@H]21)n1cnc2ccccc2c1=O. The number of benzene rings is 2. The molecule has 3 heterocycles. The Morgan fingerprint density at radius 1 is 1.17 bits per heavy atom. The second-order valence-electron chi connectivity index (χ2n) is 9.62. The lowest BCUT2D eigenvalue weighted by Gasteiger charge is -2.33. The van der Waals surface area contributed by atoms with E-state index in [2.05, 4.69) is 10.3 Å². The number of methoxy groups -OCH3 is 1. The molecule has 2 aliphatic heterocycles. The summed E-state index contributed by atoms with van der Waals surface area (Å²) in [4.78, 5) is 45.5. The zero-order valence-electron chi connectivity index (χ0n) is 19.8. The standard InChI is InChI=1S/C26H28N4O5/c1-15(2)12-19-23(32)30-20-11-7-5-9-17(20)26(34,25(30)28-19)13-21(24(33)35-3)29-14-27-18-10-6-4-8-16(18)22(29)31/h4-11,14-15,19,21,25,28,34H,12-13H2,1-3H3/t19-,21-,25+,26-/m0/s1. The van der Waals surface area contributed by atoms with E-state index in [4.69, 9.17) is 4.74 Å². The van der Waals surface area contributed by atoms with E-state index in [-0.39, 0.29) is 18.2 Å². The number of para-hydroxylation sites is 2. The van der Waals surface area contributed by atoms with Gasteiger partial charge in [0.25, 0.3) is 5.56 Å². The number of nitrogens with one attached hydrogen (secondary N) is 1. The average Bonchev–Trinajstić information content (AvgIpc) is 3.30. The minimum Gasteiger partial charge on any atom is -0.467 e. The highest BCUT2D eigenvalue weighted by atomic mass is 16.5. The average molecular weight is 477 g/mol. The third-order valence-electron chi connectivity index (χ3n) is 6.95. The van der Waals surface area contributed by atoms with Crippen molar-refractivity contribution in [2.24, 2.45) is 5.92 Å². The van der Waals surface area contributed by atoms with Gasteiger partial charge in [0, 0.05) is 12.0 Å². The van der Waals surface area contributed by atoms with Crippen molar-refractivity contribution in [2.75, 3.05) is 12.0 Å². The number of aromatic nitrogens is 2. The minimum absolute atomic E-state index is 0.119. The molecular formula is C26H28N4O5. The Labute approximate surface area is 202 Å². The smallest absolute Gasteiger partial charge is 0.329 e. The van der Waals surface area contributed by atoms with Gasteiger partial charge < -0.3 is 9.84 Å². The summed E-state index contributed by atoms with van der Waals surface area (Å²) in [5, 5.41) is 15.8. The topological polar surface area (TPSA) is 114 Å². The van der Waals surface area contributed by atoms with Crippen molar-refractivity contribution in [3.8, 4) is 0 Å². The molecule has 0 radical (unpaired) electrons. The van der Waals surface area contributed by atoms with Crippen molar-refractivity contribution in [1.82, 2.24) is 14.9 Å². The van der Waals surface area contributed by atoms with Crippen LogP contribution in [0.25, 0.3) is 10.9 Å². The summed E-state index contributed by atoms with van der Waals surface area (Å²) in [5.74, 6) is -0.535. The molecule has 35 heavy (non-hydrogen) atoms. The Kier molecular flexibility index (Phi) is 5.69. The van der Waals surface area contributed by atoms with Gasteiger partial charge in [0.1, 0.15) is 17.8 Å². The Bertz CT molecular complexity index is 1370. The first-order valence-electron chi connectivity index (χ1n) is 11.7. The molecule has 2 aromatic carbocycles. The Hall–Kier alpha value is -3.56. The number of rotatable bonds is 6. The van der Waals surface area contributed by atoms with Crippen molar-refractivity contribution in [3.05, 3.63) is 70.8 Å². The van der Waals surface area contributed by atoms with E-state index in [0.717, 1.165) is 0 Å². The van der Waals surface area contributed by atoms with Crippen molar-refractivity contribution >= 4 is 28.5 Å². The van der Waals surface area contributed by atoms with Gasteiger partial charge in [0.05, 0.1) is 36.1 Å². The van der Waals surface area contributed by atoms with Gasteiger partial charge in [-0.3, -0.25) is 24.4 Å². The second-order valence-corrected chi connectivity index (χ2v) is 9.62. The molecular weight excluding hydrogens is 448 g/mol. The molecule has 0 unspecified atom stereocenters. The van der Waals surface area contributed by atoms with E-state index in [1.807, 2.05) is 13.8 Å². The fraction of sp³-hybridized carbons (Fsp3) is 0.385. The van der Waals surface area contributed by atoms with Gasteiger partial charge in [-0.2, -0.15) is 0 Å². The molecule has 1 fully saturated rings. The Morgan fingerprint density at radius 3 is 2.63 bits per heavy atom. The van der Waals surface area contributed by atoms with E-state index < -0.39 is 35.4 Å². The van der Waals surface area contributed by atoms with Gasteiger partial charge in [-0.05, 0) is 30.5 Å². The predicted molar refractivity (Wildman–Crippen MR) is 130 cm³/mol. The number of carbonyl (C=O) groups is 2. The maximum absolute atomic E-state index is 13.3. The molecule has 5 rings (SSSR count). The van der Waals surface area contributed by atoms with Crippen molar-refractivity contribution in [3.63, 3.8) is 0 Å². The van der Waals surface area contributed by atoms with Gasteiger partial charge in [0.15, 0.2) is 0 Å². The summed E-state index contributed by atoms with van der Waals surface area (Å²) in [5.41, 5.74) is -0.443. The second kappa shape index (κ2) is 8.58. The fourth-order valence-corrected chi connectivity index (χ4v) is 5.33. The van der Waals surface area contributed by atoms with Crippen LogP contribution in [0.4, 0.5) is 5.69 Å². The molecule has 0 bridgehead atoms. The highest BCUT2D eigenvalue weighted by molar-refractivity contribution is 6.02. The van der Waals surface area contributed by atoms with Crippen LogP contribution in [0.2, 0.25) is 0 Å². The van der Waals surface area contributed by atoms with Gasteiger partial charge in [-0.25, -0.2) is 9.78 Å². The van der Waals surface area contributed by atoms with Crippen LogP contribution in [0, 0.1) is 5.92 Å². The molecule has 0 aliphatic carbocycles. The largest absolute Gasteiger partial charge is 0.467 e. The summed E-state index contributed by atoms with van der Waals surface area (Å²) in [6, 6.07) is 12.4. The van der Waals surface area contributed by atoms with Gasteiger partial charge in [0.2, 0.25) is 5.91 Å². The molecule has 3 aromatic rings. The van der Waals surface area contributed by atoms with Crippen LogP contribution in [0.3, 0.4) is 0 Å². The first-order chi connectivity index (χ1) is 16.8. The minimum atomic E-state index is -1.65. The molecule has 0 spiro atoms. The first-order valence-corrected chi connectivity index (χ1v) is 11.7. The molecule has 9 heteroatoms.